The van der Waals surface area contributed by atoms with Crippen molar-refractivity contribution in [1.82, 2.24) is 10.2 Å². The summed E-state index contributed by atoms with van der Waals surface area (Å²) in [6.45, 7) is 6.07. The van der Waals surface area contributed by atoms with E-state index in [0.29, 0.717) is 18.9 Å². The molecule has 0 bridgehead atoms. The molecular weight excluding hydrogens is 631 g/mol. The second-order valence-electron chi connectivity index (χ2n) is 11.1. The Morgan fingerprint density at radius 3 is 2.15 bits per heavy atom. The zero-order valence-corrected chi connectivity index (χ0v) is 29.0. The van der Waals surface area contributed by atoms with Crippen molar-refractivity contribution >= 4 is 39.3 Å². The molecule has 2 amide bonds. The molecule has 8 nitrogen and oxygen atoms in total. The fourth-order valence-electron chi connectivity index (χ4n) is 5.14. The number of anilines is 1. The van der Waals surface area contributed by atoms with Crippen molar-refractivity contribution in [2.75, 3.05) is 30.3 Å². The molecule has 0 unspecified atom stereocenters. The summed E-state index contributed by atoms with van der Waals surface area (Å²) < 4.78 is 35.7. The molecule has 0 saturated heterocycles. The summed E-state index contributed by atoms with van der Waals surface area (Å²) in [6, 6.07) is 29.7. The fraction of sp³-hybridized carbons (Fsp3) is 0.297. The van der Waals surface area contributed by atoms with Gasteiger partial charge in [0.05, 0.1) is 17.2 Å². The van der Waals surface area contributed by atoms with Gasteiger partial charge in [0, 0.05) is 24.4 Å². The van der Waals surface area contributed by atoms with Crippen LogP contribution >= 0.6 is 11.8 Å². The van der Waals surface area contributed by atoms with Crippen molar-refractivity contribution in [3.63, 3.8) is 0 Å². The van der Waals surface area contributed by atoms with Gasteiger partial charge in [-0.2, -0.15) is 0 Å². The fourth-order valence-corrected chi connectivity index (χ4v) is 6.97. The highest BCUT2D eigenvalue weighted by Gasteiger charge is 2.35. The second-order valence-corrected chi connectivity index (χ2v) is 13.8. The number of sulfonamides is 1. The van der Waals surface area contributed by atoms with Crippen molar-refractivity contribution in [2.45, 2.75) is 56.0 Å². The Morgan fingerprint density at radius 1 is 0.851 bits per heavy atom. The zero-order chi connectivity index (χ0) is 33.8. The number of ether oxygens (including phenoxy) is 1. The summed E-state index contributed by atoms with van der Waals surface area (Å²) in [5.74, 6) is -0.486. The molecule has 0 aliphatic heterocycles. The van der Waals surface area contributed by atoms with Crippen LogP contribution in [-0.2, 0) is 32.6 Å². The molecule has 4 aromatic carbocycles. The number of thioether (sulfide) groups is 1. The zero-order valence-electron chi connectivity index (χ0n) is 27.4. The third kappa shape index (κ3) is 9.39. The van der Waals surface area contributed by atoms with Gasteiger partial charge in [-0.05, 0) is 74.0 Å². The van der Waals surface area contributed by atoms with Gasteiger partial charge in [0.1, 0.15) is 18.3 Å². The summed E-state index contributed by atoms with van der Waals surface area (Å²) in [6.07, 6.45) is 2.90. The molecule has 0 aliphatic rings. The van der Waals surface area contributed by atoms with Crippen LogP contribution in [0.5, 0.6) is 5.75 Å². The first-order valence-corrected chi connectivity index (χ1v) is 18.4. The average Bonchev–Trinajstić information content (AvgIpc) is 3.09. The maximum absolute atomic E-state index is 14.7. The molecule has 248 valence electrons. The smallest absolute Gasteiger partial charge is 0.264 e. The van der Waals surface area contributed by atoms with Gasteiger partial charge >= 0.3 is 0 Å². The van der Waals surface area contributed by atoms with Crippen LogP contribution in [0.1, 0.15) is 37.0 Å². The van der Waals surface area contributed by atoms with Crippen LogP contribution in [0.2, 0.25) is 0 Å². The molecule has 0 aromatic heterocycles. The largest absolute Gasteiger partial charge is 0.492 e. The summed E-state index contributed by atoms with van der Waals surface area (Å²) in [4.78, 5) is 30.9. The molecule has 4 aromatic rings. The van der Waals surface area contributed by atoms with E-state index in [9.17, 15) is 18.0 Å². The molecular formula is C37H43N3O5S2. The Morgan fingerprint density at radius 2 is 1.51 bits per heavy atom. The Balaban J connectivity index is 1.83. The lowest BCUT2D eigenvalue weighted by Gasteiger charge is -2.34. The molecule has 0 saturated carbocycles. The quantitative estimate of drug-likeness (QED) is 0.137. The minimum atomic E-state index is -4.25. The van der Waals surface area contributed by atoms with E-state index >= 15 is 0 Å². The number of carbonyl (C=O) groups excluding carboxylic acids is 2. The van der Waals surface area contributed by atoms with Gasteiger partial charge < -0.3 is 15.0 Å². The molecule has 1 N–H and O–H groups in total. The summed E-state index contributed by atoms with van der Waals surface area (Å²) >= 11 is 1.50. The van der Waals surface area contributed by atoms with E-state index < -0.39 is 28.5 Å². The number of aryl methyl sites for hydroxylation is 1. The van der Waals surface area contributed by atoms with Crippen molar-refractivity contribution in [2.24, 2.45) is 0 Å². The number of benzene rings is 4. The Kier molecular flexibility index (Phi) is 12.9. The maximum atomic E-state index is 14.7. The molecule has 0 radical (unpaired) electrons. The summed E-state index contributed by atoms with van der Waals surface area (Å²) in [7, 11) is -4.25. The highest BCUT2D eigenvalue weighted by atomic mass is 32.2. The first-order valence-electron chi connectivity index (χ1n) is 15.7. The number of nitrogens with one attached hydrogen (secondary N) is 1. The molecule has 0 heterocycles. The average molecular weight is 674 g/mol. The molecule has 0 fully saturated rings. The monoisotopic (exact) mass is 673 g/mol. The number of para-hydroxylation sites is 2. The number of hydrogen-bond donors (Lipinski definition) is 1. The first-order chi connectivity index (χ1) is 22.7. The van der Waals surface area contributed by atoms with Crippen molar-refractivity contribution in [3.8, 4) is 5.75 Å². The molecule has 4 rings (SSSR count). The van der Waals surface area contributed by atoms with E-state index in [0.717, 1.165) is 32.3 Å². The highest BCUT2D eigenvalue weighted by molar-refractivity contribution is 7.98. The number of amides is 2. The van der Waals surface area contributed by atoms with Crippen LogP contribution in [0.25, 0.3) is 0 Å². The van der Waals surface area contributed by atoms with Gasteiger partial charge in [-0.25, -0.2) is 8.42 Å². The van der Waals surface area contributed by atoms with E-state index in [2.05, 4.69) is 5.32 Å². The lowest BCUT2D eigenvalue weighted by molar-refractivity contribution is -0.140. The van der Waals surface area contributed by atoms with Gasteiger partial charge in [0.2, 0.25) is 11.8 Å². The normalized spacial score (nSPS) is 11.8. The third-order valence-corrected chi connectivity index (χ3v) is 10.2. The van der Waals surface area contributed by atoms with Crippen molar-refractivity contribution < 1.29 is 22.7 Å². The van der Waals surface area contributed by atoms with Gasteiger partial charge in [-0.3, -0.25) is 13.9 Å². The van der Waals surface area contributed by atoms with Gasteiger partial charge in [-0.15, -0.1) is 11.8 Å². The topological polar surface area (TPSA) is 96.0 Å². The predicted molar refractivity (Wildman–Crippen MR) is 189 cm³/mol. The lowest BCUT2D eigenvalue weighted by Crippen LogP contribution is -2.53. The first kappa shape index (κ1) is 35.6. The standard InChI is InChI=1S/C37H43N3O5S2/c1-5-24-38-37(42)34(25-29-12-8-7-9-13-29)39(26-30-18-16-28(3)17-19-30)36(41)27-40(33-14-10-11-15-35(33)45-6-2)47(43,44)32-22-20-31(46-4)21-23-32/h7-23,34H,5-6,24-27H2,1-4H3,(H,38,42)/t34-/m0/s1. The Bertz CT molecular complexity index is 1710. The SMILES string of the molecule is CCCNC(=O)[C@H](Cc1ccccc1)N(Cc1ccc(C)cc1)C(=O)CN(c1ccccc1OCC)S(=O)(=O)c1ccc(SC)cc1. The van der Waals surface area contributed by atoms with E-state index in [1.54, 1.807) is 48.5 Å². The lowest BCUT2D eigenvalue weighted by atomic mass is 10.0. The molecule has 10 heteroatoms. The van der Waals surface area contributed by atoms with E-state index in [1.807, 2.05) is 81.6 Å². The second kappa shape index (κ2) is 17.0. The number of hydrogen-bond acceptors (Lipinski definition) is 6. The summed E-state index contributed by atoms with van der Waals surface area (Å²) in [5, 5.41) is 2.97. The highest BCUT2D eigenvalue weighted by Crippen LogP contribution is 2.33. The minimum Gasteiger partial charge on any atom is -0.492 e. The predicted octanol–water partition coefficient (Wildman–Crippen LogP) is 6.48. The maximum Gasteiger partial charge on any atom is 0.264 e. The number of nitrogens with zero attached hydrogens (tertiary/aromatic N) is 2. The van der Waals surface area contributed by atoms with Crippen molar-refractivity contribution in [3.05, 3.63) is 120 Å². The van der Waals surface area contributed by atoms with Crippen LogP contribution in [0.15, 0.2) is 113 Å². The molecule has 0 spiro atoms. The van der Waals surface area contributed by atoms with Crippen LogP contribution in [-0.4, -0.2) is 57.1 Å². The molecule has 0 aliphatic carbocycles. The van der Waals surface area contributed by atoms with Gasteiger partial charge in [-0.1, -0.05) is 79.2 Å². The van der Waals surface area contributed by atoms with Gasteiger partial charge in [0.25, 0.3) is 10.0 Å². The third-order valence-electron chi connectivity index (χ3n) is 7.65. The summed E-state index contributed by atoms with van der Waals surface area (Å²) in [5.41, 5.74) is 3.00. The van der Waals surface area contributed by atoms with Crippen LogP contribution < -0.4 is 14.4 Å². The number of rotatable bonds is 16. The molecule has 1 atom stereocenters. The van der Waals surface area contributed by atoms with E-state index in [-0.39, 0.29) is 29.5 Å². The van der Waals surface area contributed by atoms with Crippen LogP contribution in [0, 0.1) is 6.92 Å². The van der Waals surface area contributed by atoms with E-state index in [1.165, 1.54) is 16.7 Å². The molecule has 47 heavy (non-hydrogen) atoms. The van der Waals surface area contributed by atoms with E-state index in [4.69, 9.17) is 4.74 Å². The van der Waals surface area contributed by atoms with Gasteiger partial charge in [0.15, 0.2) is 0 Å². The Hall–Kier alpha value is -4.28. The Labute approximate surface area is 283 Å². The van der Waals surface area contributed by atoms with Crippen LogP contribution in [0.4, 0.5) is 5.69 Å². The van der Waals surface area contributed by atoms with Crippen molar-refractivity contribution in [1.29, 1.82) is 0 Å². The van der Waals surface area contributed by atoms with Crippen LogP contribution in [0.3, 0.4) is 0 Å². The minimum absolute atomic E-state index is 0.0426. The number of carbonyl (C=O) groups is 2.